The third-order valence-corrected chi connectivity index (χ3v) is 11.2. The summed E-state index contributed by atoms with van der Waals surface area (Å²) in [6, 6.07) is 20.4. The average molecular weight is 998 g/mol. The Hall–Kier alpha value is -7.89. The van der Waals surface area contributed by atoms with E-state index in [2.05, 4.69) is 21.9 Å². The van der Waals surface area contributed by atoms with Crippen LogP contribution in [0.3, 0.4) is 0 Å². The molecule has 4 heterocycles. The van der Waals surface area contributed by atoms with Crippen LogP contribution >= 0.6 is 15.9 Å². The van der Waals surface area contributed by atoms with Gasteiger partial charge in [0.25, 0.3) is 0 Å². The Labute approximate surface area is 393 Å². The number of benzene rings is 4. The Balaban J connectivity index is 1.03. The predicted octanol–water partition coefficient (Wildman–Crippen LogP) is 6.31. The molecule has 0 bridgehead atoms. The van der Waals surface area contributed by atoms with Gasteiger partial charge in [-0.1, -0.05) is 24.1 Å². The molecule has 68 heavy (non-hydrogen) atoms. The minimum atomic E-state index is -1.61. The highest BCUT2D eigenvalue weighted by atomic mass is 79.9. The lowest BCUT2D eigenvalue weighted by atomic mass is 9.77. The summed E-state index contributed by atoms with van der Waals surface area (Å²) in [6.45, 7) is 3.39. The second-order valence-electron chi connectivity index (χ2n) is 15.2. The SMILES string of the molecule is C#CCOc1ccc2c(c1)Oc1cc(OC(=O)OCc3cc(=O)oc4cc(O[C@@H]5O[C@H](COC(C)=O)[C@H](OC(C)=O)[C@H](OC(C)=O)[C@H]5OC(C)=O)c(Br)cc34)ccc1C21OC(=O)c2ccccc21. The maximum Gasteiger partial charge on any atom is 0.514 e. The van der Waals surface area contributed by atoms with Crippen LogP contribution in [0.5, 0.6) is 28.7 Å². The van der Waals surface area contributed by atoms with Gasteiger partial charge in [-0.2, -0.15) is 0 Å². The monoisotopic (exact) mass is 996 g/mol. The van der Waals surface area contributed by atoms with Crippen LogP contribution in [0, 0.1) is 12.3 Å². The second kappa shape index (κ2) is 19.1. The summed E-state index contributed by atoms with van der Waals surface area (Å²) >= 11 is 3.43. The third kappa shape index (κ3) is 9.38. The number of rotatable bonds is 12. The number of esters is 5. The van der Waals surface area contributed by atoms with Gasteiger partial charge < -0.3 is 56.5 Å². The first-order chi connectivity index (χ1) is 32.5. The van der Waals surface area contributed by atoms with E-state index in [-0.39, 0.29) is 44.9 Å². The lowest BCUT2D eigenvalue weighted by molar-refractivity contribution is -0.288. The van der Waals surface area contributed by atoms with Crippen molar-refractivity contribution in [1.82, 2.24) is 0 Å². The topological polar surface area (TPSA) is 234 Å². The van der Waals surface area contributed by atoms with Crippen LogP contribution in [0.1, 0.15) is 60.3 Å². The molecule has 0 amide bonds. The summed E-state index contributed by atoms with van der Waals surface area (Å²) in [7, 11) is 0. The van der Waals surface area contributed by atoms with E-state index in [0.29, 0.717) is 33.8 Å². The quantitative estimate of drug-likeness (QED) is 0.0438. The van der Waals surface area contributed by atoms with Crippen LogP contribution in [0.15, 0.2) is 92.5 Å². The maximum absolute atomic E-state index is 13.3. The molecular formula is C48H37BrO19. The van der Waals surface area contributed by atoms with E-state index in [1.807, 2.05) is 0 Å². The van der Waals surface area contributed by atoms with Crippen molar-refractivity contribution in [3.63, 3.8) is 0 Å². The molecule has 1 saturated heterocycles. The lowest BCUT2D eigenvalue weighted by Crippen LogP contribution is -2.63. The van der Waals surface area contributed by atoms with Crippen LogP contribution in [0.2, 0.25) is 0 Å². The minimum absolute atomic E-state index is 0.00568. The van der Waals surface area contributed by atoms with E-state index >= 15 is 0 Å². The summed E-state index contributed by atoms with van der Waals surface area (Å²) in [5, 5.41) is 0.279. The molecule has 1 spiro atoms. The van der Waals surface area contributed by atoms with E-state index in [1.54, 1.807) is 48.5 Å². The number of carbonyl (C=O) groups excluding carboxylic acids is 6. The maximum atomic E-state index is 13.3. The van der Waals surface area contributed by atoms with Gasteiger partial charge in [-0.3, -0.25) is 19.2 Å². The summed E-state index contributed by atoms with van der Waals surface area (Å²) < 4.78 is 68.5. The molecule has 3 aliphatic rings. The van der Waals surface area contributed by atoms with Crippen LogP contribution in [0.4, 0.5) is 4.79 Å². The first-order valence-electron chi connectivity index (χ1n) is 20.5. The van der Waals surface area contributed by atoms with E-state index in [9.17, 15) is 33.6 Å². The van der Waals surface area contributed by atoms with Crippen molar-refractivity contribution >= 4 is 62.9 Å². The summed E-state index contributed by atoms with van der Waals surface area (Å²) in [6.07, 6.45) is -3.18. The van der Waals surface area contributed by atoms with E-state index < -0.39 is 91.1 Å². The average Bonchev–Trinajstić information content (AvgIpc) is 3.57. The number of halogens is 1. The summed E-state index contributed by atoms with van der Waals surface area (Å²) in [5.41, 5.74) is -0.220. The van der Waals surface area contributed by atoms with Crippen LogP contribution < -0.4 is 24.6 Å². The number of hydrogen-bond acceptors (Lipinski definition) is 19. The Morgan fingerprint density at radius 1 is 0.750 bits per heavy atom. The predicted molar refractivity (Wildman–Crippen MR) is 233 cm³/mol. The van der Waals surface area contributed by atoms with Gasteiger partial charge in [-0.15, -0.1) is 6.42 Å². The molecular weight excluding hydrogens is 960 g/mol. The van der Waals surface area contributed by atoms with Crippen molar-refractivity contribution in [2.45, 2.75) is 70.6 Å². The molecule has 4 aromatic carbocycles. The van der Waals surface area contributed by atoms with Gasteiger partial charge in [0.15, 0.2) is 17.8 Å². The van der Waals surface area contributed by atoms with E-state index in [4.69, 9.17) is 62.9 Å². The van der Waals surface area contributed by atoms with E-state index in [1.165, 1.54) is 24.3 Å². The zero-order valence-electron chi connectivity index (χ0n) is 36.2. The first kappa shape index (κ1) is 46.6. The van der Waals surface area contributed by atoms with Crippen LogP contribution in [0.25, 0.3) is 11.0 Å². The Morgan fingerprint density at radius 2 is 1.41 bits per heavy atom. The van der Waals surface area contributed by atoms with Crippen molar-refractivity contribution in [2.75, 3.05) is 13.2 Å². The zero-order valence-corrected chi connectivity index (χ0v) is 37.8. The number of terminal acetylenes is 1. The molecule has 5 aromatic rings. The fourth-order valence-corrected chi connectivity index (χ4v) is 8.46. The number of hydrogen-bond donors (Lipinski definition) is 0. The highest BCUT2D eigenvalue weighted by Gasteiger charge is 2.55. The fraction of sp³-hybridized carbons (Fsp3) is 0.271. The molecule has 3 aliphatic heterocycles. The van der Waals surface area contributed by atoms with Crippen LogP contribution in [-0.4, -0.2) is 79.9 Å². The molecule has 19 nitrogen and oxygen atoms in total. The van der Waals surface area contributed by atoms with Gasteiger partial charge >= 0.3 is 41.6 Å². The number of fused-ring (bicyclic) bond motifs is 7. The molecule has 20 heteroatoms. The van der Waals surface area contributed by atoms with Crippen molar-refractivity contribution in [1.29, 1.82) is 0 Å². The fourth-order valence-electron chi connectivity index (χ4n) is 8.02. The molecule has 1 fully saturated rings. The van der Waals surface area contributed by atoms with Gasteiger partial charge in [-0.25, -0.2) is 14.4 Å². The van der Waals surface area contributed by atoms with Crippen molar-refractivity contribution in [3.8, 4) is 41.1 Å². The Bertz CT molecular complexity index is 2990. The highest BCUT2D eigenvalue weighted by molar-refractivity contribution is 9.10. The van der Waals surface area contributed by atoms with Gasteiger partial charge in [-0.05, 0) is 52.3 Å². The molecule has 0 saturated carbocycles. The number of ether oxygens (including phenoxy) is 11. The van der Waals surface area contributed by atoms with Gasteiger partial charge in [0, 0.05) is 79.6 Å². The summed E-state index contributed by atoms with van der Waals surface area (Å²) in [4.78, 5) is 87.9. The molecule has 0 N–H and O–H groups in total. The third-order valence-electron chi connectivity index (χ3n) is 10.6. The van der Waals surface area contributed by atoms with Crippen molar-refractivity contribution in [3.05, 3.63) is 122 Å². The van der Waals surface area contributed by atoms with Crippen LogP contribution in [-0.2, 0) is 64.5 Å². The first-order valence-corrected chi connectivity index (χ1v) is 21.3. The molecule has 0 aliphatic carbocycles. The Kier molecular flexibility index (Phi) is 13.1. The largest absolute Gasteiger partial charge is 0.514 e. The Morgan fingerprint density at radius 3 is 2.10 bits per heavy atom. The molecule has 1 unspecified atom stereocenters. The second-order valence-corrected chi connectivity index (χ2v) is 16.1. The van der Waals surface area contributed by atoms with Gasteiger partial charge in [0.2, 0.25) is 12.4 Å². The van der Waals surface area contributed by atoms with Gasteiger partial charge in [0.1, 0.15) is 60.3 Å². The highest BCUT2D eigenvalue weighted by Crippen LogP contribution is 2.57. The lowest BCUT2D eigenvalue weighted by Gasteiger charge is -2.44. The molecule has 350 valence electrons. The summed E-state index contributed by atoms with van der Waals surface area (Å²) in [5.74, 6) is -0.516. The standard InChI is InChI=1S/C48H37BrO19/c1-6-15-57-28-11-13-33-37(17-28)64-38-18-29(12-14-34(38)48(33)32-10-8-7-9-30(32)45(55)68-48)63-47(56)59-21-27-16-41(54)65-36-20-39(35(49)19-31(27)36)66-46-44(62-26(5)53)43(61-25(4)52)42(60-24(3)51)40(67-46)22-58-23(2)50/h1,7-14,16-20,40,42-44,46H,15,21-22H2,2-5H3/t40-,42+,43+,44-,46-,48?/m1/s1. The van der Waals surface area contributed by atoms with E-state index in [0.717, 1.165) is 33.8 Å². The normalized spacial score (nSPS) is 20.8. The molecule has 6 atom stereocenters. The van der Waals surface area contributed by atoms with Gasteiger partial charge in [0.05, 0.1) is 10.0 Å². The zero-order chi connectivity index (χ0) is 48.4. The number of carbonyl (C=O) groups is 6. The molecule has 1 aromatic heterocycles. The molecule has 0 radical (unpaired) electrons. The smallest absolute Gasteiger partial charge is 0.481 e. The minimum Gasteiger partial charge on any atom is -0.481 e. The molecule has 8 rings (SSSR count). The van der Waals surface area contributed by atoms with Crippen molar-refractivity contribution < 1.29 is 85.3 Å². The van der Waals surface area contributed by atoms with Crippen molar-refractivity contribution in [2.24, 2.45) is 0 Å².